The van der Waals surface area contributed by atoms with Crippen molar-refractivity contribution in [2.75, 3.05) is 18.0 Å². The molecule has 0 aliphatic carbocycles. The molecule has 2 heteroatoms. The first-order chi connectivity index (χ1) is 7.67. The molecule has 0 spiro atoms. The van der Waals surface area contributed by atoms with Crippen LogP contribution in [0.3, 0.4) is 0 Å². The predicted octanol–water partition coefficient (Wildman–Crippen LogP) is 3.03. The van der Waals surface area contributed by atoms with Crippen LogP contribution in [-0.4, -0.2) is 19.1 Å². The molecule has 0 aliphatic heterocycles. The van der Waals surface area contributed by atoms with Gasteiger partial charge in [0.25, 0.3) is 0 Å². The molecule has 0 saturated carbocycles. The fourth-order valence-electron chi connectivity index (χ4n) is 1.77. The van der Waals surface area contributed by atoms with Crippen LogP contribution in [0.5, 0.6) is 0 Å². The number of nitrogens with one attached hydrogen (secondary N) is 1. The van der Waals surface area contributed by atoms with E-state index in [-0.39, 0.29) is 0 Å². The lowest BCUT2D eigenvalue weighted by atomic mass is 10.1. The Bertz CT molecular complexity index is 303. The summed E-state index contributed by atoms with van der Waals surface area (Å²) in [5, 5.41) is 3.45. The minimum absolute atomic E-state index is 0.539. The van der Waals surface area contributed by atoms with E-state index in [9.17, 15) is 0 Å². The SMILES string of the molecule is CCN(CC)c1cccc(CNC(C)C)c1. The lowest BCUT2D eigenvalue weighted by molar-refractivity contribution is 0.589. The van der Waals surface area contributed by atoms with Crippen molar-refractivity contribution in [1.29, 1.82) is 0 Å². The molecule has 0 aromatic heterocycles. The number of rotatable bonds is 6. The molecule has 0 amide bonds. The molecule has 0 fully saturated rings. The zero-order valence-electron chi connectivity index (χ0n) is 11.0. The third kappa shape index (κ3) is 3.86. The van der Waals surface area contributed by atoms with E-state index < -0.39 is 0 Å². The molecule has 0 heterocycles. The van der Waals surface area contributed by atoms with Crippen LogP contribution >= 0.6 is 0 Å². The first-order valence-electron chi connectivity index (χ1n) is 6.24. The minimum Gasteiger partial charge on any atom is -0.372 e. The van der Waals surface area contributed by atoms with Gasteiger partial charge in [-0.05, 0) is 31.5 Å². The predicted molar refractivity (Wildman–Crippen MR) is 72.0 cm³/mol. The number of nitrogens with zero attached hydrogens (tertiary/aromatic N) is 1. The van der Waals surface area contributed by atoms with Crippen molar-refractivity contribution >= 4 is 5.69 Å². The van der Waals surface area contributed by atoms with Gasteiger partial charge in [0, 0.05) is 31.4 Å². The summed E-state index contributed by atoms with van der Waals surface area (Å²) in [6.45, 7) is 11.8. The summed E-state index contributed by atoms with van der Waals surface area (Å²) in [7, 11) is 0. The largest absolute Gasteiger partial charge is 0.372 e. The molecule has 0 unspecified atom stereocenters. The highest BCUT2D eigenvalue weighted by Crippen LogP contribution is 2.15. The van der Waals surface area contributed by atoms with Crippen molar-refractivity contribution in [3.8, 4) is 0 Å². The van der Waals surface area contributed by atoms with Gasteiger partial charge in [-0.1, -0.05) is 26.0 Å². The Balaban J connectivity index is 2.70. The van der Waals surface area contributed by atoms with E-state index in [0.29, 0.717) is 6.04 Å². The summed E-state index contributed by atoms with van der Waals surface area (Å²) >= 11 is 0. The lowest BCUT2D eigenvalue weighted by Gasteiger charge is -2.21. The monoisotopic (exact) mass is 220 g/mol. The molecule has 0 atom stereocenters. The Morgan fingerprint density at radius 2 is 1.88 bits per heavy atom. The van der Waals surface area contributed by atoms with Crippen LogP contribution in [0.1, 0.15) is 33.3 Å². The molecule has 90 valence electrons. The summed E-state index contributed by atoms with van der Waals surface area (Å²) in [5.74, 6) is 0. The average molecular weight is 220 g/mol. The highest BCUT2D eigenvalue weighted by atomic mass is 15.1. The smallest absolute Gasteiger partial charge is 0.0369 e. The first-order valence-corrected chi connectivity index (χ1v) is 6.24. The normalized spacial score (nSPS) is 10.8. The molecule has 1 N–H and O–H groups in total. The Labute approximate surface area is 99.7 Å². The number of benzene rings is 1. The van der Waals surface area contributed by atoms with Crippen molar-refractivity contribution in [2.45, 2.75) is 40.3 Å². The molecule has 16 heavy (non-hydrogen) atoms. The van der Waals surface area contributed by atoms with Crippen molar-refractivity contribution < 1.29 is 0 Å². The van der Waals surface area contributed by atoms with Gasteiger partial charge in [0.15, 0.2) is 0 Å². The van der Waals surface area contributed by atoms with Crippen LogP contribution in [0.4, 0.5) is 5.69 Å². The maximum atomic E-state index is 3.45. The molecule has 2 nitrogen and oxygen atoms in total. The van der Waals surface area contributed by atoms with Crippen molar-refractivity contribution in [1.82, 2.24) is 5.32 Å². The Morgan fingerprint density at radius 3 is 2.44 bits per heavy atom. The second-order valence-electron chi connectivity index (χ2n) is 4.38. The highest BCUT2D eigenvalue weighted by Gasteiger charge is 2.02. The second kappa shape index (κ2) is 6.54. The van der Waals surface area contributed by atoms with E-state index in [4.69, 9.17) is 0 Å². The highest BCUT2D eigenvalue weighted by molar-refractivity contribution is 5.48. The average Bonchev–Trinajstić information content (AvgIpc) is 2.29. The standard InChI is InChI=1S/C14H24N2/c1-5-16(6-2)14-9-7-8-13(10-14)11-15-12(3)4/h7-10,12,15H,5-6,11H2,1-4H3. The fourth-order valence-corrected chi connectivity index (χ4v) is 1.77. The third-order valence-electron chi connectivity index (χ3n) is 2.75. The van der Waals surface area contributed by atoms with Gasteiger partial charge in [-0.3, -0.25) is 0 Å². The maximum absolute atomic E-state index is 3.45. The molecule has 1 aromatic carbocycles. The zero-order valence-corrected chi connectivity index (χ0v) is 11.0. The summed E-state index contributed by atoms with van der Waals surface area (Å²) in [6, 6.07) is 9.33. The number of hydrogen-bond donors (Lipinski definition) is 1. The fraction of sp³-hybridized carbons (Fsp3) is 0.571. The molecule has 1 rings (SSSR count). The Hall–Kier alpha value is -1.02. The summed E-state index contributed by atoms with van der Waals surface area (Å²) in [6.07, 6.45) is 0. The van der Waals surface area contributed by atoms with Gasteiger partial charge in [-0.2, -0.15) is 0 Å². The van der Waals surface area contributed by atoms with Crippen LogP contribution in [0.15, 0.2) is 24.3 Å². The quantitative estimate of drug-likeness (QED) is 0.792. The first kappa shape index (κ1) is 13.0. The van der Waals surface area contributed by atoms with Gasteiger partial charge in [-0.15, -0.1) is 0 Å². The topological polar surface area (TPSA) is 15.3 Å². The van der Waals surface area contributed by atoms with Crippen LogP contribution < -0.4 is 10.2 Å². The zero-order chi connectivity index (χ0) is 12.0. The second-order valence-corrected chi connectivity index (χ2v) is 4.38. The molecule has 0 radical (unpaired) electrons. The van der Waals surface area contributed by atoms with E-state index in [1.807, 2.05) is 0 Å². The van der Waals surface area contributed by atoms with Gasteiger partial charge in [-0.25, -0.2) is 0 Å². The summed E-state index contributed by atoms with van der Waals surface area (Å²) < 4.78 is 0. The number of anilines is 1. The van der Waals surface area contributed by atoms with Crippen LogP contribution in [-0.2, 0) is 6.54 Å². The van der Waals surface area contributed by atoms with Crippen LogP contribution in [0.2, 0.25) is 0 Å². The van der Waals surface area contributed by atoms with E-state index in [1.54, 1.807) is 0 Å². The summed E-state index contributed by atoms with van der Waals surface area (Å²) in [5.41, 5.74) is 2.69. The van der Waals surface area contributed by atoms with Gasteiger partial charge < -0.3 is 10.2 Å². The maximum Gasteiger partial charge on any atom is 0.0369 e. The van der Waals surface area contributed by atoms with Crippen molar-refractivity contribution in [2.24, 2.45) is 0 Å². The van der Waals surface area contributed by atoms with Crippen LogP contribution in [0, 0.1) is 0 Å². The lowest BCUT2D eigenvalue weighted by Crippen LogP contribution is -2.23. The van der Waals surface area contributed by atoms with E-state index in [2.05, 4.69) is 62.2 Å². The van der Waals surface area contributed by atoms with E-state index >= 15 is 0 Å². The Morgan fingerprint density at radius 1 is 1.19 bits per heavy atom. The van der Waals surface area contributed by atoms with Gasteiger partial charge in [0.1, 0.15) is 0 Å². The van der Waals surface area contributed by atoms with E-state index in [0.717, 1.165) is 19.6 Å². The van der Waals surface area contributed by atoms with Crippen molar-refractivity contribution in [3.05, 3.63) is 29.8 Å². The third-order valence-corrected chi connectivity index (χ3v) is 2.75. The molecule has 0 saturated heterocycles. The Kier molecular flexibility index (Phi) is 5.33. The van der Waals surface area contributed by atoms with Gasteiger partial charge in [0.05, 0.1) is 0 Å². The van der Waals surface area contributed by atoms with Gasteiger partial charge in [0.2, 0.25) is 0 Å². The molecular weight excluding hydrogens is 196 g/mol. The minimum atomic E-state index is 0.539. The van der Waals surface area contributed by atoms with Crippen LogP contribution in [0.25, 0.3) is 0 Å². The van der Waals surface area contributed by atoms with Crippen molar-refractivity contribution in [3.63, 3.8) is 0 Å². The van der Waals surface area contributed by atoms with Gasteiger partial charge >= 0.3 is 0 Å². The number of hydrogen-bond acceptors (Lipinski definition) is 2. The molecular formula is C14H24N2. The molecule has 0 bridgehead atoms. The molecule has 0 aliphatic rings. The molecule has 1 aromatic rings. The summed E-state index contributed by atoms with van der Waals surface area (Å²) in [4.78, 5) is 2.37. The van der Waals surface area contributed by atoms with E-state index in [1.165, 1.54) is 11.3 Å².